The smallest absolute Gasteiger partial charge is 0.0964 e. The number of nitrogens with zero attached hydrogens (tertiary/aromatic N) is 1. The lowest BCUT2D eigenvalue weighted by atomic mass is 10.2. The molecule has 0 aliphatic carbocycles. The molecule has 0 bridgehead atoms. The lowest BCUT2D eigenvalue weighted by molar-refractivity contribution is 0.488. The van der Waals surface area contributed by atoms with Crippen molar-refractivity contribution in [1.82, 2.24) is 10.3 Å². The molecule has 0 aliphatic rings. The van der Waals surface area contributed by atoms with Gasteiger partial charge >= 0.3 is 0 Å². The Morgan fingerprint density at radius 3 is 2.59 bits per heavy atom. The first kappa shape index (κ1) is 14.8. The summed E-state index contributed by atoms with van der Waals surface area (Å²) in [7, 11) is 0. The third-order valence-electron chi connectivity index (χ3n) is 2.70. The predicted octanol–water partition coefficient (Wildman–Crippen LogP) is 3.99. The molecule has 0 aromatic carbocycles. The molecular weight excluding hydrogens is 252 g/mol. The molecule has 4 heteroatoms. The average molecular weight is 273 g/mol. The summed E-state index contributed by atoms with van der Waals surface area (Å²) in [5.74, 6) is 0. The van der Waals surface area contributed by atoms with Crippen molar-refractivity contribution in [2.24, 2.45) is 0 Å². The van der Waals surface area contributed by atoms with Crippen LogP contribution < -0.4 is 5.32 Å². The monoisotopic (exact) mass is 272 g/mol. The number of thioether (sulfide) groups is 1. The fraction of sp³-hybridized carbons (Fsp3) is 0.615. The van der Waals surface area contributed by atoms with E-state index in [9.17, 15) is 0 Å². The van der Waals surface area contributed by atoms with Crippen molar-refractivity contribution in [3.63, 3.8) is 0 Å². The Morgan fingerprint density at radius 1 is 1.35 bits per heavy atom. The number of halogens is 1. The van der Waals surface area contributed by atoms with Crippen LogP contribution in [0.3, 0.4) is 0 Å². The van der Waals surface area contributed by atoms with Crippen molar-refractivity contribution in [2.75, 3.05) is 6.54 Å². The van der Waals surface area contributed by atoms with E-state index in [1.165, 1.54) is 12.8 Å². The molecule has 0 fully saturated rings. The summed E-state index contributed by atoms with van der Waals surface area (Å²) in [6.07, 6.45) is 4.07. The highest BCUT2D eigenvalue weighted by atomic mass is 35.5. The Bertz CT molecular complexity index is 312. The molecule has 1 aromatic heterocycles. The van der Waals surface area contributed by atoms with Crippen molar-refractivity contribution in [3.8, 4) is 0 Å². The van der Waals surface area contributed by atoms with Gasteiger partial charge in [-0.2, -0.15) is 0 Å². The molecule has 0 spiro atoms. The Balaban J connectivity index is 2.34. The van der Waals surface area contributed by atoms with Gasteiger partial charge in [-0.3, -0.25) is 0 Å². The zero-order valence-corrected chi connectivity index (χ0v) is 12.3. The average Bonchev–Trinajstić information content (AvgIpc) is 2.33. The highest BCUT2D eigenvalue weighted by molar-refractivity contribution is 7.99. The van der Waals surface area contributed by atoms with Gasteiger partial charge in [0.05, 0.1) is 10.0 Å². The summed E-state index contributed by atoms with van der Waals surface area (Å²) in [6, 6.07) is 4.50. The molecule has 1 N–H and O–H groups in total. The Labute approximate surface area is 114 Å². The van der Waals surface area contributed by atoms with E-state index in [0.29, 0.717) is 16.3 Å². The minimum Gasteiger partial charge on any atom is -0.313 e. The number of aromatic nitrogens is 1. The van der Waals surface area contributed by atoms with Gasteiger partial charge in [0.2, 0.25) is 0 Å². The van der Waals surface area contributed by atoms with E-state index in [2.05, 4.69) is 31.1 Å². The van der Waals surface area contributed by atoms with Gasteiger partial charge in [-0.15, -0.1) is 11.8 Å². The molecule has 96 valence electrons. The summed E-state index contributed by atoms with van der Waals surface area (Å²) < 4.78 is 0. The Hall–Kier alpha value is -0.250. The number of nitrogens with one attached hydrogen (secondary N) is 1. The van der Waals surface area contributed by atoms with Gasteiger partial charge in [0.25, 0.3) is 0 Å². The van der Waals surface area contributed by atoms with Crippen molar-refractivity contribution in [1.29, 1.82) is 0 Å². The standard InChI is InChI=1S/C13H21ClN2S/c1-4-12(5-2)15-8-10(3)17-13-7-6-11(14)9-16-13/h6-7,9-10,12,15H,4-5,8H2,1-3H3. The van der Waals surface area contributed by atoms with Gasteiger partial charge in [-0.25, -0.2) is 4.98 Å². The molecule has 1 atom stereocenters. The minimum absolute atomic E-state index is 0.518. The second-order valence-corrected chi connectivity index (χ2v) is 6.06. The van der Waals surface area contributed by atoms with Crippen LogP contribution in [0.4, 0.5) is 0 Å². The third-order valence-corrected chi connectivity index (χ3v) is 3.98. The van der Waals surface area contributed by atoms with Gasteiger partial charge < -0.3 is 5.32 Å². The van der Waals surface area contributed by atoms with Crippen molar-refractivity contribution in [2.45, 2.75) is 49.9 Å². The number of hydrogen-bond donors (Lipinski definition) is 1. The molecule has 1 heterocycles. The lowest BCUT2D eigenvalue weighted by Crippen LogP contribution is -2.32. The maximum Gasteiger partial charge on any atom is 0.0964 e. The molecule has 2 nitrogen and oxygen atoms in total. The molecule has 17 heavy (non-hydrogen) atoms. The SMILES string of the molecule is CCC(CC)NCC(C)Sc1ccc(Cl)cn1. The van der Waals surface area contributed by atoms with Crippen LogP contribution in [-0.4, -0.2) is 22.8 Å². The van der Waals surface area contributed by atoms with Crippen LogP contribution in [0.5, 0.6) is 0 Å². The minimum atomic E-state index is 0.518. The van der Waals surface area contributed by atoms with Gasteiger partial charge in [0, 0.05) is 24.0 Å². The largest absolute Gasteiger partial charge is 0.313 e. The topological polar surface area (TPSA) is 24.9 Å². The van der Waals surface area contributed by atoms with E-state index in [0.717, 1.165) is 11.6 Å². The molecule has 0 radical (unpaired) electrons. The van der Waals surface area contributed by atoms with Crippen LogP contribution in [0.15, 0.2) is 23.4 Å². The Kier molecular flexibility index (Phi) is 6.93. The lowest BCUT2D eigenvalue weighted by Gasteiger charge is -2.18. The van der Waals surface area contributed by atoms with Crippen LogP contribution >= 0.6 is 23.4 Å². The first-order valence-electron chi connectivity index (χ1n) is 6.17. The molecule has 1 unspecified atom stereocenters. The molecule has 0 saturated heterocycles. The van der Waals surface area contributed by atoms with Crippen molar-refractivity contribution in [3.05, 3.63) is 23.4 Å². The summed E-state index contributed by atoms with van der Waals surface area (Å²) in [4.78, 5) is 4.29. The number of hydrogen-bond acceptors (Lipinski definition) is 3. The Morgan fingerprint density at radius 2 is 2.06 bits per heavy atom. The predicted molar refractivity (Wildman–Crippen MR) is 76.9 cm³/mol. The summed E-state index contributed by atoms with van der Waals surface area (Å²) in [5.41, 5.74) is 0. The highest BCUT2D eigenvalue weighted by Gasteiger charge is 2.08. The highest BCUT2D eigenvalue weighted by Crippen LogP contribution is 2.21. The molecule has 0 aliphatic heterocycles. The van der Waals surface area contributed by atoms with Gasteiger partial charge in [0.15, 0.2) is 0 Å². The number of pyridine rings is 1. The van der Waals surface area contributed by atoms with Crippen molar-refractivity contribution < 1.29 is 0 Å². The molecule has 1 aromatic rings. The van der Waals surface area contributed by atoms with Gasteiger partial charge in [-0.05, 0) is 25.0 Å². The van der Waals surface area contributed by atoms with E-state index in [1.807, 2.05) is 12.1 Å². The van der Waals surface area contributed by atoms with E-state index in [1.54, 1.807) is 18.0 Å². The van der Waals surface area contributed by atoms with E-state index >= 15 is 0 Å². The van der Waals surface area contributed by atoms with Crippen LogP contribution in [0, 0.1) is 0 Å². The molecule has 0 amide bonds. The van der Waals surface area contributed by atoms with E-state index in [-0.39, 0.29) is 0 Å². The van der Waals surface area contributed by atoms with Crippen LogP contribution in [0.2, 0.25) is 5.02 Å². The van der Waals surface area contributed by atoms with Gasteiger partial charge in [0.1, 0.15) is 0 Å². The summed E-state index contributed by atoms with van der Waals surface area (Å²) in [6.45, 7) is 7.68. The first-order valence-corrected chi connectivity index (χ1v) is 7.43. The maximum absolute atomic E-state index is 5.80. The first-order chi connectivity index (χ1) is 8.15. The second kappa shape index (κ2) is 7.96. The fourth-order valence-corrected chi connectivity index (χ4v) is 2.55. The summed E-state index contributed by atoms with van der Waals surface area (Å²) in [5, 5.41) is 5.82. The van der Waals surface area contributed by atoms with Crippen molar-refractivity contribution >= 4 is 23.4 Å². The quantitative estimate of drug-likeness (QED) is 0.760. The van der Waals surface area contributed by atoms with Crippen LogP contribution in [-0.2, 0) is 0 Å². The van der Waals surface area contributed by atoms with Crippen LogP contribution in [0.1, 0.15) is 33.6 Å². The molecular formula is C13H21ClN2S. The normalized spacial score (nSPS) is 13.0. The van der Waals surface area contributed by atoms with Crippen LogP contribution in [0.25, 0.3) is 0 Å². The zero-order valence-electron chi connectivity index (χ0n) is 10.7. The molecule has 0 saturated carbocycles. The molecule has 1 rings (SSSR count). The van der Waals surface area contributed by atoms with Gasteiger partial charge in [-0.1, -0.05) is 32.4 Å². The second-order valence-electron chi connectivity index (χ2n) is 4.16. The van der Waals surface area contributed by atoms with E-state index < -0.39 is 0 Å². The number of rotatable bonds is 7. The fourth-order valence-electron chi connectivity index (χ4n) is 1.59. The third kappa shape index (κ3) is 5.75. The zero-order chi connectivity index (χ0) is 12.7. The summed E-state index contributed by atoms with van der Waals surface area (Å²) >= 11 is 7.59. The maximum atomic E-state index is 5.80. The van der Waals surface area contributed by atoms with E-state index in [4.69, 9.17) is 11.6 Å².